The Balaban J connectivity index is 2.33. The molecule has 2 rings (SSSR count). The van der Waals surface area contributed by atoms with Crippen LogP contribution in [0.15, 0.2) is 29.2 Å². The lowest BCUT2D eigenvalue weighted by molar-refractivity contribution is 0.310. The predicted molar refractivity (Wildman–Crippen MR) is 67.4 cm³/mol. The van der Waals surface area contributed by atoms with Crippen LogP contribution in [0.5, 0.6) is 0 Å². The smallest absolute Gasteiger partial charge is 0.243 e. The van der Waals surface area contributed by atoms with Crippen molar-refractivity contribution in [2.45, 2.75) is 17.9 Å². The summed E-state index contributed by atoms with van der Waals surface area (Å²) in [5, 5.41) is 12.0. The molecular formula is C12H15N3O2S. The Labute approximate surface area is 107 Å². The minimum atomic E-state index is -3.49. The minimum absolute atomic E-state index is 0.146. The predicted octanol–water partition coefficient (Wildman–Crippen LogP) is 0.541. The van der Waals surface area contributed by atoms with E-state index >= 15 is 0 Å². The molecule has 1 fully saturated rings. The summed E-state index contributed by atoms with van der Waals surface area (Å²) in [6.07, 6.45) is 0. The molecule has 1 N–H and O–H groups in total. The summed E-state index contributed by atoms with van der Waals surface area (Å²) in [5.41, 5.74) is 0.360. The van der Waals surface area contributed by atoms with Crippen molar-refractivity contribution in [2.24, 2.45) is 0 Å². The lowest BCUT2D eigenvalue weighted by Gasteiger charge is -2.31. The molecule has 1 aromatic rings. The first kappa shape index (κ1) is 13.0. The van der Waals surface area contributed by atoms with Gasteiger partial charge in [-0.2, -0.15) is 9.57 Å². The Hall–Kier alpha value is -1.42. The van der Waals surface area contributed by atoms with Crippen LogP contribution in [0.1, 0.15) is 12.5 Å². The van der Waals surface area contributed by atoms with Gasteiger partial charge >= 0.3 is 0 Å². The zero-order valence-electron chi connectivity index (χ0n) is 10.1. The van der Waals surface area contributed by atoms with E-state index < -0.39 is 10.0 Å². The Morgan fingerprint density at radius 3 is 2.94 bits per heavy atom. The van der Waals surface area contributed by atoms with Gasteiger partial charge < -0.3 is 5.32 Å². The molecule has 0 radical (unpaired) electrons. The first-order chi connectivity index (χ1) is 8.54. The van der Waals surface area contributed by atoms with E-state index in [1.54, 1.807) is 12.1 Å². The van der Waals surface area contributed by atoms with E-state index in [2.05, 4.69) is 5.32 Å². The summed E-state index contributed by atoms with van der Waals surface area (Å²) >= 11 is 0. The van der Waals surface area contributed by atoms with Gasteiger partial charge in [0, 0.05) is 25.7 Å². The van der Waals surface area contributed by atoms with Crippen molar-refractivity contribution in [2.75, 3.05) is 19.6 Å². The van der Waals surface area contributed by atoms with Crippen molar-refractivity contribution >= 4 is 10.0 Å². The van der Waals surface area contributed by atoms with Crippen LogP contribution in [0, 0.1) is 11.3 Å². The Morgan fingerprint density at radius 1 is 1.50 bits per heavy atom. The van der Waals surface area contributed by atoms with Crippen LogP contribution >= 0.6 is 0 Å². The minimum Gasteiger partial charge on any atom is -0.312 e. The van der Waals surface area contributed by atoms with Crippen molar-refractivity contribution in [1.29, 1.82) is 5.26 Å². The maximum atomic E-state index is 12.4. The van der Waals surface area contributed by atoms with E-state index in [9.17, 15) is 8.42 Å². The second-order valence-electron chi connectivity index (χ2n) is 4.36. The van der Waals surface area contributed by atoms with E-state index in [0.29, 0.717) is 25.2 Å². The molecule has 1 aliphatic heterocycles. The van der Waals surface area contributed by atoms with Crippen molar-refractivity contribution in [3.8, 4) is 6.07 Å². The molecule has 0 aromatic heterocycles. The van der Waals surface area contributed by atoms with Gasteiger partial charge in [-0.05, 0) is 25.1 Å². The molecule has 1 aliphatic rings. The van der Waals surface area contributed by atoms with Gasteiger partial charge in [0.05, 0.1) is 16.5 Å². The lowest BCUT2D eigenvalue weighted by atomic mass is 10.2. The van der Waals surface area contributed by atoms with Gasteiger partial charge in [-0.15, -0.1) is 0 Å². The maximum absolute atomic E-state index is 12.4. The molecule has 5 nitrogen and oxygen atoms in total. The number of nitrogens with zero attached hydrogens (tertiary/aromatic N) is 2. The fraction of sp³-hybridized carbons (Fsp3) is 0.417. The average Bonchev–Trinajstić information content (AvgIpc) is 2.39. The Morgan fingerprint density at radius 2 is 2.28 bits per heavy atom. The SMILES string of the molecule is C[C@H]1CN(S(=O)(=O)c2cccc(C#N)c2)CCN1. The fourth-order valence-corrected chi connectivity index (χ4v) is 3.57. The molecule has 1 atom stereocenters. The van der Waals surface area contributed by atoms with Crippen molar-refractivity contribution < 1.29 is 8.42 Å². The standard InChI is InChI=1S/C12H15N3O2S/c1-10-9-15(6-5-14-10)18(16,17)12-4-2-3-11(7-12)8-13/h2-4,7,10,14H,5-6,9H2,1H3/t10-/m0/s1. The Bertz CT molecular complexity index is 577. The molecule has 0 aliphatic carbocycles. The lowest BCUT2D eigenvalue weighted by Crippen LogP contribution is -2.51. The van der Waals surface area contributed by atoms with Crippen LogP contribution < -0.4 is 5.32 Å². The molecule has 0 unspecified atom stereocenters. The number of rotatable bonds is 2. The van der Waals surface area contributed by atoms with E-state index in [0.717, 1.165) is 0 Å². The molecule has 1 saturated heterocycles. The second kappa shape index (κ2) is 5.06. The highest BCUT2D eigenvalue weighted by molar-refractivity contribution is 7.89. The molecule has 0 amide bonds. The highest BCUT2D eigenvalue weighted by Gasteiger charge is 2.28. The molecule has 18 heavy (non-hydrogen) atoms. The molecule has 96 valence electrons. The Kier molecular flexibility index (Phi) is 3.66. The molecule has 0 spiro atoms. The van der Waals surface area contributed by atoms with Crippen LogP contribution in [-0.4, -0.2) is 38.4 Å². The second-order valence-corrected chi connectivity index (χ2v) is 6.30. The molecule has 1 aromatic carbocycles. The van der Waals surface area contributed by atoms with Crippen molar-refractivity contribution in [1.82, 2.24) is 9.62 Å². The maximum Gasteiger partial charge on any atom is 0.243 e. The van der Waals surface area contributed by atoms with E-state index in [1.807, 2.05) is 13.0 Å². The normalized spacial score (nSPS) is 21.4. The van der Waals surface area contributed by atoms with Gasteiger partial charge in [0.25, 0.3) is 0 Å². The van der Waals surface area contributed by atoms with Gasteiger partial charge in [0.15, 0.2) is 0 Å². The molecule has 6 heteroatoms. The summed E-state index contributed by atoms with van der Waals surface area (Å²) in [6, 6.07) is 8.24. The van der Waals surface area contributed by atoms with Gasteiger partial charge in [-0.3, -0.25) is 0 Å². The number of nitrogens with one attached hydrogen (secondary N) is 1. The topological polar surface area (TPSA) is 73.2 Å². The van der Waals surface area contributed by atoms with Crippen LogP contribution in [0.2, 0.25) is 0 Å². The molecular weight excluding hydrogens is 250 g/mol. The highest BCUT2D eigenvalue weighted by Crippen LogP contribution is 2.18. The zero-order chi connectivity index (χ0) is 13.2. The van der Waals surface area contributed by atoms with Gasteiger partial charge in [-0.1, -0.05) is 6.07 Å². The number of hydrogen-bond acceptors (Lipinski definition) is 4. The number of benzene rings is 1. The summed E-state index contributed by atoms with van der Waals surface area (Å²) in [5.74, 6) is 0. The summed E-state index contributed by atoms with van der Waals surface area (Å²) < 4.78 is 26.2. The first-order valence-corrected chi connectivity index (χ1v) is 7.22. The molecule has 1 heterocycles. The van der Waals surface area contributed by atoms with Gasteiger partial charge in [0.1, 0.15) is 0 Å². The third-order valence-electron chi connectivity index (χ3n) is 2.93. The summed E-state index contributed by atoms with van der Waals surface area (Å²) in [4.78, 5) is 0.190. The van der Waals surface area contributed by atoms with E-state index in [4.69, 9.17) is 5.26 Å². The third-order valence-corrected chi connectivity index (χ3v) is 4.79. The first-order valence-electron chi connectivity index (χ1n) is 5.78. The van der Waals surface area contributed by atoms with Crippen LogP contribution in [-0.2, 0) is 10.0 Å². The van der Waals surface area contributed by atoms with Crippen molar-refractivity contribution in [3.05, 3.63) is 29.8 Å². The zero-order valence-corrected chi connectivity index (χ0v) is 10.9. The average molecular weight is 265 g/mol. The monoisotopic (exact) mass is 265 g/mol. The van der Waals surface area contributed by atoms with Crippen LogP contribution in [0.25, 0.3) is 0 Å². The fourth-order valence-electron chi connectivity index (χ4n) is 1.99. The molecule has 0 saturated carbocycles. The quantitative estimate of drug-likeness (QED) is 0.847. The number of piperazine rings is 1. The number of hydrogen-bond donors (Lipinski definition) is 1. The summed E-state index contributed by atoms with van der Waals surface area (Å²) in [6.45, 7) is 3.52. The van der Waals surface area contributed by atoms with Crippen LogP contribution in [0.4, 0.5) is 0 Å². The van der Waals surface area contributed by atoms with E-state index in [-0.39, 0.29) is 10.9 Å². The largest absolute Gasteiger partial charge is 0.312 e. The van der Waals surface area contributed by atoms with Crippen LogP contribution in [0.3, 0.4) is 0 Å². The van der Waals surface area contributed by atoms with Crippen molar-refractivity contribution in [3.63, 3.8) is 0 Å². The van der Waals surface area contributed by atoms with E-state index in [1.165, 1.54) is 16.4 Å². The highest BCUT2D eigenvalue weighted by atomic mass is 32.2. The molecule has 0 bridgehead atoms. The number of nitriles is 1. The number of sulfonamides is 1. The van der Waals surface area contributed by atoms with Gasteiger partial charge in [0.2, 0.25) is 10.0 Å². The van der Waals surface area contributed by atoms with Gasteiger partial charge in [-0.25, -0.2) is 8.42 Å². The summed E-state index contributed by atoms with van der Waals surface area (Å²) in [7, 11) is -3.49. The third kappa shape index (κ3) is 2.53.